The molecule has 2 N–H and O–H groups in total. The lowest BCUT2D eigenvalue weighted by molar-refractivity contribution is -0.174. The Kier molecular flexibility index (Phi) is 5.22. The monoisotopic (exact) mass is 255 g/mol. The molecule has 102 valence electrons. The Hall–Kier alpha value is -0.330. The molecule has 0 bridgehead atoms. The molecule has 1 aliphatic rings. The average Bonchev–Trinajstić information content (AvgIpc) is 2.59. The quantitative estimate of drug-likeness (QED) is 0.739. The molecule has 1 fully saturated rings. The van der Waals surface area contributed by atoms with E-state index in [0.717, 1.165) is 12.8 Å². The maximum Gasteiger partial charge on any atom is 0.411 e. The first-order chi connectivity index (χ1) is 7.90. The van der Waals surface area contributed by atoms with Crippen molar-refractivity contribution in [3.8, 4) is 0 Å². The summed E-state index contributed by atoms with van der Waals surface area (Å²) in [4.78, 5) is 0. The minimum atomic E-state index is -4.24. The Labute approximate surface area is 99.4 Å². The summed E-state index contributed by atoms with van der Waals surface area (Å²) >= 11 is 0. The fourth-order valence-electron chi connectivity index (χ4n) is 2.23. The number of alkyl halides is 3. The second kappa shape index (κ2) is 6.02. The Morgan fingerprint density at radius 1 is 1.47 bits per heavy atom. The van der Waals surface area contributed by atoms with E-state index in [0.29, 0.717) is 19.6 Å². The van der Waals surface area contributed by atoms with Gasteiger partial charge in [-0.25, -0.2) is 0 Å². The zero-order chi connectivity index (χ0) is 12.9. The fourth-order valence-corrected chi connectivity index (χ4v) is 2.23. The summed E-state index contributed by atoms with van der Waals surface area (Å²) in [7, 11) is 0. The third-order valence-electron chi connectivity index (χ3n) is 3.47. The fraction of sp³-hybridized carbons (Fsp3) is 1.00. The maximum atomic E-state index is 11.8. The number of halogens is 3. The minimum Gasteiger partial charge on any atom is -0.378 e. The molecule has 1 aliphatic heterocycles. The lowest BCUT2D eigenvalue weighted by Crippen LogP contribution is -2.37. The van der Waals surface area contributed by atoms with E-state index in [1.54, 1.807) is 0 Å². The molecule has 17 heavy (non-hydrogen) atoms. The van der Waals surface area contributed by atoms with Gasteiger partial charge in [0.25, 0.3) is 0 Å². The summed E-state index contributed by atoms with van der Waals surface area (Å²) < 4.78 is 45.5. The molecule has 3 nitrogen and oxygen atoms in total. The number of nitrogens with two attached hydrogens (primary N) is 1. The van der Waals surface area contributed by atoms with Crippen LogP contribution in [-0.2, 0) is 9.47 Å². The van der Waals surface area contributed by atoms with E-state index in [9.17, 15) is 13.2 Å². The van der Waals surface area contributed by atoms with Gasteiger partial charge in [0.05, 0.1) is 6.10 Å². The van der Waals surface area contributed by atoms with Gasteiger partial charge in [-0.2, -0.15) is 13.2 Å². The Morgan fingerprint density at radius 2 is 2.18 bits per heavy atom. The standard InChI is InChI=1S/C11H20F3NO2/c1-9-10(7-15,4-6-17-9)3-2-5-16-8-11(12,13)14/h9H,2-8,15H2,1H3. The Morgan fingerprint density at radius 3 is 2.65 bits per heavy atom. The number of hydrogen-bond acceptors (Lipinski definition) is 3. The molecule has 1 saturated heterocycles. The van der Waals surface area contributed by atoms with E-state index in [2.05, 4.69) is 4.74 Å². The van der Waals surface area contributed by atoms with Gasteiger partial charge in [-0.05, 0) is 26.2 Å². The first-order valence-electron chi connectivity index (χ1n) is 5.86. The lowest BCUT2D eigenvalue weighted by Gasteiger charge is -2.30. The number of rotatable bonds is 6. The minimum absolute atomic E-state index is 0.0788. The SMILES string of the molecule is CC1OCCC1(CN)CCCOCC(F)(F)F. The van der Waals surface area contributed by atoms with Crippen LogP contribution in [-0.4, -0.2) is 38.6 Å². The summed E-state index contributed by atoms with van der Waals surface area (Å²) in [6.07, 6.45) is -1.95. The van der Waals surface area contributed by atoms with Crippen molar-refractivity contribution in [1.29, 1.82) is 0 Å². The summed E-state index contributed by atoms with van der Waals surface area (Å²) in [5.41, 5.74) is 5.66. The van der Waals surface area contributed by atoms with Crippen molar-refractivity contribution in [3.63, 3.8) is 0 Å². The van der Waals surface area contributed by atoms with Crippen LogP contribution in [0.2, 0.25) is 0 Å². The highest BCUT2D eigenvalue weighted by molar-refractivity contribution is 4.90. The van der Waals surface area contributed by atoms with E-state index in [4.69, 9.17) is 10.5 Å². The van der Waals surface area contributed by atoms with Crippen LogP contribution in [0.25, 0.3) is 0 Å². The largest absolute Gasteiger partial charge is 0.411 e. The molecule has 1 rings (SSSR count). The van der Waals surface area contributed by atoms with Crippen molar-refractivity contribution in [3.05, 3.63) is 0 Å². The van der Waals surface area contributed by atoms with Crippen LogP contribution in [0.3, 0.4) is 0 Å². The van der Waals surface area contributed by atoms with Crippen molar-refractivity contribution in [2.75, 3.05) is 26.4 Å². The second-order valence-corrected chi connectivity index (χ2v) is 4.60. The summed E-state index contributed by atoms with van der Waals surface area (Å²) in [6.45, 7) is 2.11. The number of hydrogen-bond donors (Lipinski definition) is 1. The molecule has 2 unspecified atom stereocenters. The molecule has 0 aromatic carbocycles. The van der Waals surface area contributed by atoms with Gasteiger partial charge in [0.15, 0.2) is 0 Å². The predicted octanol–water partition coefficient (Wildman–Crippen LogP) is 2.10. The molecular formula is C11H20F3NO2. The van der Waals surface area contributed by atoms with Gasteiger partial charge >= 0.3 is 6.18 Å². The molecule has 0 spiro atoms. The molecular weight excluding hydrogens is 235 g/mol. The summed E-state index contributed by atoms with van der Waals surface area (Å²) in [5.74, 6) is 0. The normalized spacial score (nSPS) is 29.8. The summed E-state index contributed by atoms with van der Waals surface area (Å²) in [5, 5.41) is 0. The molecule has 6 heteroatoms. The first kappa shape index (κ1) is 14.7. The van der Waals surface area contributed by atoms with Crippen LogP contribution in [0, 0.1) is 5.41 Å². The topological polar surface area (TPSA) is 44.5 Å². The highest BCUT2D eigenvalue weighted by Gasteiger charge is 2.39. The van der Waals surface area contributed by atoms with Crippen molar-refractivity contribution < 1.29 is 22.6 Å². The molecule has 0 amide bonds. The van der Waals surface area contributed by atoms with Gasteiger partial charge in [0.1, 0.15) is 6.61 Å². The van der Waals surface area contributed by atoms with E-state index < -0.39 is 12.8 Å². The molecule has 2 atom stereocenters. The van der Waals surface area contributed by atoms with Crippen molar-refractivity contribution in [1.82, 2.24) is 0 Å². The predicted molar refractivity (Wildman–Crippen MR) is 57.6 cm³/mol. The highest BCUT2D eigenvalue weighted by Crippen LogP contribution is 2.38. The highest BCUT2D eigenvalue weighted by atomic mass is 19.4. The Bertz CT molecular complexity index is 235. The first-order valence-corrected chi connectivity index (χ1v) is 5.86. The molecule has 0 aliphatic carbocycles. The van der Waals surface area contributed by atoms with Crippen molar-refractivity contribution in [2.45, 2.75) is 38.5 Å². The van der Waals surface area contributed by atoms with Gasteiger partial charge in [-0.3, -0.25) is 0 Å². The molecule has 1 heterocycles. The third-order valence-corrected chi connectivity index (χ3v) is 3.47. The average molecular weight is 255 g/mol. The maximum absolute atomic E-state index is 11.8. The lowest BCUT2D eigenvalue weighted by atomic mass is 9.78. The number of ether oxygens (including phenoxy) is 2. The van der Waals surface area contributed by atoms with E-state index in [-0.39, 0.29) is 18.1 Å². The Balaban J connectivity index is 2.21. The van der Waals surface area contributed by atoms with Crippen LogP contribution in [0.4, 0.5) is 13.2 Å². The van der Waals surface area contributed by atoms with Gasteiger partial charge < -0.3 is 15.2 Å². The molecule has 0 aromatic rings. The van der Waals surface area contributed by atoms with Crippen LogP contribution in [0.5, 0.6) is 0 Å². The van der Waals surface area contributed by atoms with Crippen LogP contribution >= 0.6 is 0 Å². The molecule has 0 radical (unpaired) electrons. The van der Waals surface area contributed by atoms with Crippen molar-refractivity contribution in [2.24, 2.45) is 11.1 Å². The molecule has 0 aromatic heterocycles. The van der Waals surface area contributed by atoms with Crippen LogP contribution in [0.15, 0.2) is 0 Å². The van der Waals surface area contributed by atoms with Gasteiger partial charge in [0, 0.05) is 25.2 Å². The molecule has 0 saturated carbocycles. The second-order valence-electron chi connectivity index (χ2n) is 4.60. The zero-order valence-electron chi connectivity index (χ0n) is 10.1. The van der Waals surface area contributed by atoms with Crippen LogP contribution in [0.1, 0.15) is 26.2 Å². The van der Waals surface area contributed by atoms with Gasteiger partial charge in [-0.1, -0.05) is 0 Å². The van der Waals surface area contributed by atoms with E-state index >= 15 is 0 Å². The summed E-state index contributed by atoms with van der Waals surface area (Å²) in [6, 6.07) is 0. The zero-order valence-corrected chi connectivity index (χ0v) is 10.1. The van der Waals surface area contributed by atoms with Gasteiger partial charge in [-0.15, -0.1) is 0 Å². The van der Waals surface area contributed by atoms with Crippen LogP contribution < -0.4 is 5.73 Å². The smallest absolute Gasteiger partial charge is 0.378 e. The van der Waals surface area contributed by atoms with E-state index in [1.807, 2.05) is 6.92 Å². The van der Waals surface area contributed by atoms with Gasteiger partial charge in [0.2, 0.25) is 0 Å². The van der Waals surface area contributed by atoms with E-state index in [1.165, 1.54) is 0 Å². The third kappa shape index (κ3) is 4.44. The van der Waals surface area contributed by atoms with Crippen molar-refractivity contribution >= 4 is 0 Å².